The second-order valence-corrected chi connectivity index (χ2v) is 4.28. The van der Waals surface area contributed by atoms with E-state index in [-0.39, 0.29) is 18.9 Å². The zero-order valence-corrected chi connectivity index (χ0v) is 9.06. The van der Waals surface area contributed by atoms with E-state index in [1.165, 1.54) is 0 Å². The van der Waals surface area contributed by atoms with Crippen molar-refractivity contribution >= 4 is 6.09 Å². The minimum atomic E-state index is -2.68. The molecule has 1 atom stereocenters. The van der Waals surface area contributed by atoms with Crippen LogP contribution in [0.1, 0.15) is 39.5 Å². The van der Waals surface area contributed by atoms with Gasteiger partial charge in [-0.2, -0.15) is 0 Å². The highest BCUT2D eigenvalue weighted by Crippen LogP contribution is 2.34. The molecule has 0 bridgehead atoms. The lowest BCUT2D eigenvalue weighted by molar-refractivity contribution is -0.0784. The fourth-order valence-electron chi connectivity index (χ4n) is 1.65. The van der Waals surface area contributed by atoms with Crippen molar-refractivity contribution in [2.24, 2.45) is 0 Å². The van der Waals surface area contributed by atoms with Gasteiger partial charge in [-0.25, -0.2) is 13.6 Å². The molecule has 3 nitrogen and oxygen atoms in total. The van der Waals surface area contributed by atoms with Crippen molar-refractivity contribution in [1.82, 2.24) is 5.32 Å². The molecule has 1 fully saturated rings. The van der Waals surface area contributed by atoms with Gasteiger partial charge in [0.25, 0.3) is 5.92 Å². The summed E-state index contributed by atoms with van der Waals surface area (Å²) in [5, 5.41) is 2.51. The number of carbonyl (C=O) groups excluding carboxylic acids is 1. The minimum Gasteiger partial charge on any atom is -0.446 e. The first-order valence-electron chi connectivity index (χ1n) is 5.24. The SMILES string of the molecule is CC(C)NC(=O)OC1CCCC(F)(F)C1. The molecular weight excluding hydrogens is 204 g/mol. The van der Waals surface area contributed by atoms with Gasteiger partial charge in [0.2, 0.25) is 0 Å². The van der Waals surface area contributed by atoms with Gasteiger partial charge in [-0.05, 0) is 26.7 Å². The third kappa shape index (κ3) is 4.44. The van der Waals surface area contributed by atoms with Crippen LogP contribution in [0.3, 0.4) is 0 Å². The fourth-order valence-corrected chi connectivity index (χ4v) is 1.65. The van der Waals surface area contributed by atoms with Crippen molar-refractivity contribution in [3.63, 3.8) is 0 Å². The first kappa shape index (κ1) is 12.2. The summed E-state index contributed by atoms with van der Waals surface area (Å²) in [6.07, 6.45) is -0.759. The van der Waals surface area contributed by atoms with E-state index < -0.39 is 18.1 Å². The number of carbonyl (C=O) groups is 1. The molecule has 1 N–H and O–H groups in total. The Kier molecular flexibility index (Phi) is 3.88. The second-order valence-electron chi connectivity index (χ2n) is 4.28. The fraction of sp³-hybridized carbons (Fsp3) is 0.900. The lowest BCUT2D eigenvalue weighted by atomic mass is 9.94. The molecule has 0 radical (unpaired) electrons. The molecule has 1 aliphatic rings. The highest BCUT2D eigenvalue weighted by molar-refractivity contribution is 5.67. The molecule has 1 amide bonds. The molecule has 0 heterocycles. The zero-order chi connectivity index (χ0) is 11.5. The molecule has 1 aliphatic carbocycles. The molecule has 0 aromatic carbocycles. The van der Waals surface area contributed by atoms with Crippen molar-refractivity contribution in [3.05, 3.63) is 0 Å². The van der Waals surface area contributed by atoms with E-state index in [1.807, 2.05) is 0 Å². The number of halogens is 2. The zero-order valence-electron chi connectivity index (χ0n) is 9.06. The molecule has 1 rings (SSSR count). The number of hydrogen-bond donors (Lipinski definition) is 1. The Hall–Kier alpha value is -0.870. The van der Waals surface area contributed by atoms with Crippen LogP contribution in [0.4, 0.5) is 13.6 Å². The van der Waals surface area contributed by atoms with Gasteiger partial charge >= 0.3 is 6.09 Å². The molecule has 0 aromatic heterocycles. The summed E-state index contributed by atoms with van der Waals surface area (Å²) in [4.78, 5) is 11.2. The molecule has 0 aliphatic heterocycles. The Balaban J connectivity index is 2.35. The van der Waals surface area contributed by atoms with Crippen LogP contribution in [-0.4, -0.2) is 24.2 Å². The summed E-state index contributed by atoms with van der Waals surface area (Å²) < 4.78 is 30.8. The Morgan fingerprint density at radius 1 is 1.53 bits per heavy atom. The van der Waals surface area contributed by atoms with Crippen LogP contribution in [0, 0.1) is 0 Å². The van der Waals surface area contributed by atoms with Crippen LogP contribution in [0.15, 0.2) is 0 Å². The van der Waals surface area contributed by atoms with Crippen molar-refractivity contribution in [3.8, 4) is 0 Å². The molecule has 0 spiro atoms. The smallest absolute Gasteiger partial charge is 0.407 e. The molecule has 1 unspecified atom stereocenters. The number of ether oxygens (including phenoxy) is 1. The van der Waals surface area contributed by atoms with E-state index in [1.54, 1.807) is 13.8 Å². The van der Waals surface area contributed by atoms with E-state index in [0.29, 0.717) is 12.8 Å². The maximum absolute atomic E-state index is 13.0. The Morgan fingerprint density at radius 2 is 2.20 bits per heavy atom. The van der Waals surface area contributed by atoms with Crippen LogP contribution >= 0.6 is 0 Å². The Morgan fingerprint density at radius 3 is 2.73 bits per heavy atom. The van der Waals surface area contributed by atoms with Gasteiger partial charge < -0.3 is 10.1 Å². The van der Waals surface area contributed by atoms with Gasteiger partial charge in [0, 0.05) is 18.9 Å². The molecule has 88 valence electrons. The topological polar surface area (TPSA) is 38.3 Å². The molecule has 15 heavy (non-hydrogen) atoms. The number of alkyl halides is 2. The first-order valence-corrected chi connectivity index (χ1v) is 5.24. The second kappa shape index (κ2) is 4.77. The van der Waals surface area contributed by atoms with Gasteiger partial charge in [-0.15, -0.1) is 0 Å². The highest BCUT2D eigenvalue weighted by Gasteiger charge is 2.37. The number of hydrogen-bond acceptors (Lipinski definition) is 2. The van der Waals surface area contributed by atoms with Gasteiger partial charge in [-0.3, -0.25) is 0 Å². The average molecular weight is 221 g/mol. The summed E-state index contributed by atoms with van der Waals surface area (Å²) in [7, 11) is 0. The van der Waals surface area contributed by atoms with Crippen molar-refractivity contribution < 1.29 is 18.3 Å². The number of rotatable bonds is 2. The maximum Gasteiger partial charge on any atom is 0.407 e. The quantitative estimate of drug-likeness (QED) is 0.778. The molecule has 0 aromatic rings. The first-order chi connectivity index (χ1) is 6.89. The van der Waals surface area contributed by atoms with E-state index in [2.05, 4.69) is 5.32 Å². The highest BCUT2D eigenvalue weighted by atomic mass is 19.3. The third-order valence-corrected chi connectivity index (χ3v) is 2.28. The maximum atomic E-state index is 13.0. The van der Waals surface area contributed by atoms with Gasteiger partial charge in [0.15, 0.2) is 0 Å². The number of amides is 1. The largest absolute Gasteiger partial charge is 0.446 e. The predicted octanol–water partition coefficient (Wildman–Crippen LogP) is 2.70. The lowest BCUT2D eigenvalue weighted by Crippen LogP contribution is -2.38. The Bertz CT molecular complexity index is 231. The van der Waals surface area contributed by atoms with E-state index in [0.717, 1.165) is 0 Å². The summed E-state index contributed by atoms with van der Waals surface area (Å²) in [5.74, 6) is -2.68. The molecule has 1 saturated carbocycles. The summed E-state index contributed by atoms with van der Waals surface area (Å²) in [5.41, 5.74) is 0. The van der Waals surface area contributed by atoms with E-state index >= 15 is 0 Å². The van der Waals surface area contributed by atoms with Crippen LogP contribution in [0.2, 0.25) is 0 Å². The Labute approximate surface area is 88.2 Å². The third-order valence-electron chi connectivity index (χ3n) is 2.28. The average Bonchev–Trinajstić information content (AvgIpc) is 1.99. The van der Waals surface area contributed by atoms with Gasteiger partial charge in [0.1, 0.15) is 6.10 Å². The molecule has 5 heteroatoms. The van der Waals surface area contributed by atoms with Crippen molar-refractivity contribution in [2.75, 3.05) is 0 Å². The molecular formula is C10H17F2NO2. The van der Waals surface area contributed by atoms with E-state index in [4.69, 9.17) is 4.74 Å². The van der Waals surface area contributed by atoms with Crippen molar-refractivity contribution in [2.45, 2.75) is 57.6 Å². The standard InChI is InChI=1S/C10H17F2NO2/c1-7(2)13-9(14)15-8-4-3-5-10(11,12)6-8/h7-8H,3-6H2,1-2H3,(H,13,14). The van der Waals surface area contributed by atoms with Crippen LogP contribution in [0.5, 0.6) is 0 Å². The van der Waals surface area contributed by atoms with Crippen LogP contribution < -0.4 is 5.32 Å². The minimum absolute atomic E-state index is 0.0402. The summed E-state index contributed by atoms with van der Waals surface area (Å²) in [6, 6.07) is -0.0402. The normalized spacial score (nSPS) is 25.0. The predicted molar refractivity (Wildman–Crippen MR) is 52.0 cm³/mol. The summed E-state index contributed by atoms with van der Waals surface area (Å²) >= 11 is 0. The lowest BCUT2D eigenvalue weighted by Gasteiger charge is -2.28. The van der Waals surface area contributed by atoms with Gasteiger partial charge in [0.05, 0.1) is 0 Å². The summed E-state index contributed by atoms with van der Waals surface area (Å²) in [6.45, 7) is 3.58. The van der Waals surface area contributed by atoms with Gasteiger partial charge in [-0.1, -0.05) is 0 Å². The number of alkyl carbamates (subject to hydrolysis) is 1. The van der Waals surface area contributed by atoms with Crippen LogP contribution in [-0.2, 0) is 4.74 Å². The number of nitrogens with one attached hydrogen (secondary N) is 1. The van der Waals surface area contributed by atoms with Crippen LogP contribution in [0.25, 0.3) is 0 Å². The van der Waals surface area contributed by atoms with Crippen molar-refractivity contribution in [1.29, 1.82) is 0 Å². The van der Waals surface area contributed by atoms with E-state index in [9.17, 15) is 13.6 Å². The molecule has 0 saturated heterocycles. The monoisotopic (exact) mass is 221 g/mol.